The summed E-state index contributed by atoms with van der Waals surface area (Å²) in [5.74, 6) is 0.128. The molecule has 0 aliphatic carbocycles. The van der Waals surface area contributed by atoms with Crippen LogP contribution in [0.25, 0.3) is 0 Å². The lowest BCUT2D eigenvalue weighted by Crippen LogP contribution is -2.44. The average Bonchev–Trinajstić information content (AvgIpc) is 3.22. The number of amides is 1. The van der Waals surface area contributed by atoms with Crippen molar-refractivity contribution < 1.29 is 19.0 Å². The minimum atomic E-state index is 0.128. The Hall–Kier alpha value is -0.690. The summed E-state index contributed by atoms with van der Waals surface area (Å²) in [4.78, 5) is 16.3. The van der Waals surface area contributed by atoms with Gasteiger partial charge in [0.25, 0.3) is 0 Å². The molecule has 3 saturated heterocycles. The van der Waals surface area contributed by atoms with Gasteiger partial charge in [-0.05, 0) is 32.1 Å². The van der Waals surface area contributed by atoms with E-state index in [0.717, 1.165) is 64.9 Å². The smallest absolute Gasteiger partial charge is 0.248 e. The molecule has 3 rings (SSSR count). The maximum atomic E-state index is 12.0. The molecule has 3 atom stereocenters. The van der Waals surface area contributed by atoms with E-state index >= 15 is 0 Å². The molecule has 0 aromatic carbocycles. The van der Waals surface area contributed by atoms with E-state index in [1.807, 2.05) is 4.90 Å². The molecule has 6 heteroatoms. The maximum absolute atomic E-state index is 12.0. The van der Waals surface area contributed by atoms with Crippen molar-refractivity contribution in [2.75, 3.05) is 53.1 Å². The van der Waals surface area contributed by atoms with Crippen molar-refractivity contribution in [3.05, 3.63) is 0 Å². The molecule has 3 aliphatic heterocycles. The normalized spacial score (nSPS) is 31.5. The molecule has 0 N–H and O–H groups in total. The van der Waals surface area contributed by atoms with Crippen LogP contribution in [0.15, 0.2) is 0 Å². The SMILES string of the molecule is COCCN1CC[C@@H]2O[C@H](COCC(=O)N3CCCC3)CC[C@@H]21. The van der Waals surface area contributed by atoms with Crippen LogP contribution >= 0.6 is 0 Å². The molecule has 6 nitrogen and oxygen atoms in total. The summed E-state index contributed by atoms with van der Waals surface area (Å²) >= 11 is 0. The third-order valence-corrected chi connectivity index (χ3v) is 5.32. The number of carbonyl (C=O) groups excluding carboxylic acids is 1. The van der Waals surface area contributed by atoms with Gasteiger partial charge in [-0.25, -0.2) is 0 Å². The van der Waals surface area contributed by atoms with Gasteiger partial charge in [-0.3, -0.25) is 9.69 Å². The molecule has 0 bridgehead atoms. The third kappa shape index (κ3) is 4.44. The Kier molecular flexibility index (Phi) is 6.28. The van der Waals surface area contributed by atoms with Crippen molar-refractivity contribution in [3.8, 4) is 0 Å². The number of hydrogen-bond donors (Lipinski definition) is 0. The molecule has 0 radical (unpaired) electrons. The fourth-order valence-corrected chi connectivity index (χ4v) is 4.03. The minimum Gasteiger partial charge on any atom is -0.383 e. The summed E-state index contributed by atoms with van der Waals surface area (Å²) in [6, 6.07) is 0.535. The van der Waals surface area contributed by atoms with Gasteiger partial charge in [-0.1, -0.05) is 0 Å². The highest BCUT2D eigenvalue weighted by molar-refractivity contribution is 5.77. The summed E-state index contributed by atoms with van der Waals surface area (Å²) in [5.41, 5.74) is 0. The number of fused-ring (bicyclic) bond motifs is 1. The van der Waals surface area contributed by atoms with E-state index in [2.05, 4.69) is 4.90 Å². The minimum absolute atomic E-state index is 0.128. The molecule has 132 valence electrons. The van der Waals surface area contributed by atoms with E-state index in [0.29, 0.717) is 18.8 Å². The van der Waals surface area contributed by atoms with Gasteiger partial charge in [0.2, 0.25) is 5.91 Å². The number of ether oxygens (including phenoxy) is 3. The lowest BCUT2D eigenvalue weighted by atomic mass is 9.99. The van der Waals surface area contributed by atoms with Gasteiger partial charge in [0.15, 0.2) is 0 Å². The second-order valence-corrected chi connectivity index (χ2v) is 6.86. The van der Waals surface area contributed by atoms with Crippen LogP contribution in [0.1, 0.15) is 32.1 Å². The molecular formula is C17H30N2O4. The van der Waals surface area contributed by atoms with Crippen molar-refractivity contribution >= 4 is 5.91 Å². The molecule has 0 spiro atoms. The van der Waals surface area contributed by atoms with E-state index < -0.39 is 0 Å². The highest BCUT2D eigenvalue weighted by atomic mass is 16.5. The van der Waals surface area contributed by atoms with E-state index in [4.69, 9.17) is 14.2 Å². The zero-order valence-electron chi connectivity index (χ0n) is 14.2. The van der Waals surface area contributed by atoms with Crippen LogP contribution in [0, 0.1) is 0 Å². The van der Waals surface area contributed by atoms with Gasteiger partial charge in [0, 0.05) is 39.3 Å². The summed E-state index contributed by atoms with van der Waals surface area (Å²) in [6.45, 7) is 5.40. The van der Waals surface area contributed by atoms with Gasteiger partial charge in [0.1, 0.15) is 6.61 Å². The van der Waals surface area contributed by atoms with Gasteiger partial charge in [-0.2, -0.15) is 0 Å². The Balaban J connectivity index is 1.35. The first kappa shape index (κ1) is 17.1. The first-order chi connectivity index (χ1) is 11.3. The number of rotatable bonds is 7. The molecule has 23 heavy (non-hydrogen) atoms. The zero-order valence-corrected chi connectivity index (χ0v) is 14.2. The van der Waals surface area contributed by atoms with Gasteiger partial charge < -0.3 is 19.1 Å². The topological polar surface area (TPSA) is 51.2 Å². The van der Waals surface area contributed by atoms with E-state index in [-0.39, 0.29) is 18.6 Å². The molecule has 3 fully saturated rings. The van der Waals surface area contributed by atoms with E-state index in [1.165, 1.54) is 0 Å². The fourth-order valence-electron chi connectivity index (χ4n) is 4.03. The van der Waals surface area contributed by atoms with Crippen LogP contribution in [-0.2, 0) is 19.0 Å². The van der Waals surface area contributed by atoms with Gasteiger partial charge >= 0.3 is 0 Å². The largest absolute Gasteiger partial charge is 0.383 e. The number of carbonyl (C=O) groups is 1. The maximum Gasteiger partial charge on any atom is 0.248 e. The number of likely N-dealkylation sites (tertiary alicyclic amines) is 2. The summed E-state index contributed by atoms with van der Waals surface area (Å²) in [6.07, 6.45) is 5.98. The van der Waals surface area contributed by atoms with Gasteiger partial charge in [-0.15, -0.1) is 0 Å². The molecule has 0 aromatic heterocycles. The van der Waals surface area contributed by atoms with Crippen LogP contribution < -0.4 is 0 Å². The van der Waals surface area contributed by atoms with Crippen molar-refractivity contribution in [3.63, 3.8) is 0 Å². The van der Waals surface area contributed by atoms with E-state index in [1.54, 1.807) is 7.11 Å². The Labute approximate surface area is 139 Å². The highest BCUT2D eigenvalue weighted by Gasteiger charge is 2.39. The highest BCUT2D eigenvalue weighted by Crippen LogP contribution is 2.31. The van der Waals surface area contributed by atoms with Crippen LogP contribution in [-0.4, -0.2) is 87.1 Å². The zero-order chi connectivity index (χ0) is 16.1. The summed E-state index contributed by atoms with van der Waals surface area (Å²) in [5, 5.41) is 0. The van der Waals surface area contributed by atoms with Crippen molar-refractivity contribution in [1.82, 2.24) is 9.80 Å². The molecule has 0 unspecified atom stereocenters. The number of hydrogen-bond acceptors (Lipinski definition) is 5. The molecule has 1 amide bonds. The Morgan fingerprint density at radius 1 is 1.17 bits per heavy atom. The Morgan fingerprint density at radius 3 is 2.78 bits per heavy atom. The van der Waals surface area contributed by atoms with Crippen LogP contribution in [0.5, 0.6) is 0 Å². The second-order valence-electron chi connectivity index (χ2n) is 6.86. The van der Waals surface area contributed by atoms with Crippen molar-refractivity contribution in [2.45, 2.75) is 50.4 Å². The van der Waals surface area contributed by atoms with Crippen LogP contribution in [0.3, 0.4) is 0 Å². The Morgan fingerprint density at radius 2 is 2.00 bits per heavy atom. The van der Waals surface area contributed by atoms with Crippen LogP contribution in [0.2, 0.25) is 0 Å². The first-order valence-corrected chi connectivity index (χ1v) is 9.02. The van der Waals surface area contributed by atoms with Gasteiger partial charge in [0.05, 0.1) is 25.4 Å². The predicted molar refractivity (Wildman–Crippen MR) is 86.4 cm³/mol. The van der Waals surface area contributed by atoms with Crippen molar-refractivity contribution in [1.29, 1.82) is 0 Å². The monoisotopic (exact) mass is 326 g/mol. The quantitative estimate of drug-likeness (QED) is 0.696. The molecule has 3 heterocycles. The number of methoxy groups -OCH3 is 1. The third-order valence-electron chi connectivity index (χ3n) is 5.32. The van der Waals surface area contributed by atoms with Crippen molar-refractivity contribution in [2.24, 2.45) is 0 Å². The predicted octanol–water partition coefficient (Wildman–Crippen LogP) is 0.894. The lowest BCUT2D eigenvalue weighted by Gasteiger charge is -2.36. The average molecular weight is 326 g/mol. The molecule has 0 aromatic rings. The molecule has 3 aliphatic rings. The summed E-state index contributed by atoms with van der Waals surface area (Å²) < 4.78 is 17.0. The summed E-state index contributed by atoms with van der Waals surface area (Å²) in [7, 11) is 1.75. The fraction of sp³-hybridized carbons (Fsp3) is 0.941. The first-order valence-electron chi connectivity index (χ1n) is 9.02. The lowest BCUT2D eigenvalue weighted by molar-refractivity contribution is -0.139. The second kappa shape index (κ2) is 8.42. The number of nitrogens with zero attached hydrogens (tertiary/aromatic N) is 2. The Bertz CT molecular complexity index is 387. The molecular weight excluding hydrogens is 296 g/mol. The van der Waals surface area contributed by atoms with E-state index in [9.17, 15) is 4.79 Å². The molecule has 0 saturated carbocycles. The van der Waals surface area contributed by atoms with Crippen LogP contribution in [0.4, 0.5) is 0 Å². The standard InChI is InChI=1S/C17H30N2O4/c1-21-11-10-18-9-6-16-15(18)5-4-14(23-16)12-22-13-17(20)19-7-2-3-8-19/h14-16H,2-13H2,1H3/t14-,15-,16-/m0/s1.